The molecular weight excluding hydrogens is 369 g/mol. The van der Waals surface area contributed by atoms with Gasteiger partial charge >= 0.3 is 0 Å². The fraction of sp³-hybridized carbons (Fsp3) is 0.391. The summed E-state index contributed by atoms with van der Waals surface area (Å²) in [5.74, 6) is -0.649. The third-order valence-electron chi connectivity index (χ3n) is 5.44. The van der Waals surface area contributed by atoms with E-state index in [1.54, 1.807) is 48.9 Å². The van der Waals surface area contributed by atoms with Gasteiger partial charge in [0.05, 0.1) is 5.69 Å². The molecule has 2 amide bonds. The Morgan fingerprint density at radius 1 is 0.966 bits per heavy atom. The van der Waals surface area contributed by atoms with Crippen molar-refractivity contribution in [2.24, 2.45) is 5.41 Å². The zero-order valence-corrected chi connectivity index (χ0v) is 17.3. The Balaban J connectivity index is 1.61. The Morgan fingerprint density at radius 3 is 2.17 bits per heavy atom. The van der Waals surface area contributed by atoms with Crippen molar-refractivity contribution in [3.63, 3.8) is 0 Å². The van der Waals surface area contributed by atoms with Gasteiger partial charge in [-0.05, 0) is 31.5 Å². The first kappa shape index (κ1) is 20.8. The Morgan fingerprint density at radius 2 is 1.55 bits per heavy atom. The van der Waals surface area contributed by atoms with Crippen molar-refractivity contribution in [2.45, 2.75) is 20.4 Å². The van der Waals surface area contributed by atoms with Gasteiger partial charge in [0.15, 0.2) is 0 Å². The number of anilines is 1. The highest BCUT2D eigenvalue weighted by Gasteiger charge is 2.41. The van der Waals surface area contributed by atoms with Crippen LogP contribution in [0.4, 0.5) is 10.1 Å². The van der Waals surface area contributed by atoms with Crippen LogP contribution in [0.25, 0.3) is 0 Å². The molecule has 1 fully saturated rings. The number of rotatable bonds is 5. The van der Waals surface area contributed by atoms with E-state index in [9.17, 15) is 14.0 Å². The highest BCUT2D eigenvalue weighted by atomic mass is 19.1. The van der Waals surface area contributed by atoms with Gasteiger partial charge in [0.25, 0.3) is 0 Å². The number of piperazine rings is 1. The molecule has 0 aromatic heterocycles. The number of hydrogen-bond acceptors (Lipinski definition) is 3. The molecule has 0 radical (unpaired) electrons. The molecule has 2 aromatic carbocycles. The van der Waals surface area contributed by atoms with E-state index in [2.05, 4.69) is 0 Å². The predicted octanol–water partition coefficient (Wildman–Crippen LogP) is 3.16. The number of amides is 2. The maximum absolute atomic E-state index is 14.0. The minimum atomic E-state index is -1.15. The van der Waals surface area contributed by atoms with Crippen LogP contribution in [0.1, 0.15) is 19.4 Å². The SMILES string of the molecule is CN(Cc1ccccc1)C(=O)C(C)(C)C(=O)N1CCN(c2ccccc2F)CC1. The molecule has 1 heterocycles. The summed E-state index contributed by atoms with van der Waals surface area (Å²) in [5, 5.41) is 0. The summed E-state index contributed by atoms with van der Waals surface area (Å²) < 4.78 is 14.0. The molecule has 6 heteroatoms. The quantitative estimate of drug-likeness (QED) is 0.728. The summed E-state index contributed by atoms with van der Waals surface area (Å²) in [7, 11) is 1.72. The summed E-state index contributed by atoms with van der Waals surface area (Å²) >= 11 is 0. The second kappa shape index (κ2) is 8.64. The molecule has 154 valence electrons. The molecule has 0 bridgehead atoms. The van der Waals surface area contributed by atoms with E-state index >= 15 is 0 Å². The fourth-order valence-electron chi connectivity index (χ4n) is 3.75. The first-order valence-electron chi connectivity index (χ1n) is 9.89. The van der Waals surface area contributed by atoms with Crippen molar-refractivity contribution >= 4 is 17.5 Å². The van der Waals surface area contributed by atoms with Crippen LogP contribution in [-0.4, -0.2) is 54.8 Å². The Labute approximate surface area is 171 Å². The highest BCUT2D eigenvalue weighted by Crippen LogP contribution is 2.25. The van der Waals surface area contributed by atoms with E-state index < -0.39 is 5.41 Å². The Bertz CT molecular complexity index is 861. The minimum Gasteiger partial charge on any atom is -0.366 e. The van der Waals surface area contributed by atoms with Crippen molar-refractivity contribution in [1.29, 1.82) is 0 Å². The maximum Gasteiger partial charge on any atom is 0.237 e. The molecule has 1 saturated heterocycles. The smallest absolute Gasteiger partial charge is 0.237 e. The van der Waals surface area contributed by atoms with E-state index in [1.165, 1.54) is 6.07 Å². The monoisotopic (exact) mass is 397 g/mol. The van der Waals surface area contributed by atoms with Gasteiger partial charge in [-0.15, -0.1) is 0 Å². The molecule has 1 aliphatic heterocycles. The third-order valence-corrected chi connectivity index (χ3v) is 5.44. The molecule has 5 nitrogen and oxygen atoms in total. The molecule has 3 rings (SSSR count). The third kappa shape index (κ3) is 4.58. The van der Waals surface area contributed by atoms with Gasteiger partial charge < -0.3 is 14.7 Å². The van der Waals surface area contributed by atoms with Crippen LogP contribution in [0.2, 0.25) is 0 Å². The predicted molar refractivity (Wildman–Crippen MR) is 112 cm³/mol. The van der Waals surface area contributed by atoms with Gasteiger partial charge in [-0.1, -0.05) is 42.5 Å². The van der Waals surface area contributed by atoms with Crippen LogP contribution in [0, 0.1) is 11.2 Å². The van der Waals surface area contributed by atoms with Gasteiger partial charge in [-0.25, -0.2) is 4.39 Å². The summed E-state index contributed by atoms with van der Waals surface area (Å²) in [4.78, 5) is 31.4. The minimum absolute atomic E-state index is 0.185. The van der Waals surface area contributed by atoms with Crippen molar-refractivity contribution < 1.29 is 14.0 Å². The van der Waals surface area contributed by atoms with Crippen molar-refractivity contribution in [3.05, 3.63) is 66.0 Å². The van der Waals surface area contributed by atoms with Crippen LogP contribution in [0.5, 0.6) is 0 Å². The first-order chi connectivity index (χ1) is 13.8. The molecule has 0 saturated carbocycles. The van der Waals surface area contributed by atoms with Gasteiger partial charge in [-0.3, -0.25) is 9.59 Å². The number of halogens is 1. The largest absolute Gasteiger partial charge is 0.366 e. The average molecular weight is 397 g/mol. The molecule has 0 N–H and O–H groups in total. The van der Waals surface area contributed by atoms with Crippen LogP contribution in [-0.2, 0) is 16.1 Å². The number of carbonyl (C=O) groups is 2. The standard InChI is InChI=1S/C23H28FN3O2/c1-23(2,21(28)25(3)17-18-9-5-4-6-10-18)22(29)27-15-13-26(14-16-27)20-12-8-7-11-19(20)24/h4-12H,13-17H2,1-3H3. The lowest BCUT2D eigenvalue weighted by molar-refractivity contribution is -0.153. The lowest BCUT2D eigenvalue weighted by atomic mass is 9.89. The van der Waals surface area contributed by atoms with Crippen LogP contribution in [0.3, 0.4) is 0 Å². The number of benzene rings is 2. The summed E-state index contributed by atoms with van der Waals surface area (Å²) in [6.45, 7) is 5.83. The lowest BCUT2D eigenvalue weighted by Gasteiger charge is -2.39. The summed E-state index contributed by atoms with van der Waals surface area (Å²) in [6.07, 6.45) is 0. The zero-order valence-electron chi connectivity index (χ0n) is 17.3. The van der Waals surface area contributed by atoms with E-state index in [1.807, 2.05) is 35.2 Å². The maximum atomic E-state index is 14.0. The number of nitrogens with zero attached hydrogens (tertiary/aromatic N) is 3. The molecule has 0 atom stereocenters. The van der Waals surface area contributed by atoms with E-state index in [-0.39, 0.29) is 17.6 Å². The molecule has 0 aliphatic carbocycles. The second-order valence-corrected chi connectivity index (χ2v) is 8.00. The van der Waals surface area contributed by atoms with E-state index in [0.29, 0.717) is 38.4 Å². The van der Waals surface area contributed by atoms with E-state index in [4.69, 9.17) is 0 Å². The normalized spacial score (nSPS) is 14.6. The number of hydrogen-bond donors (Lipinski definition) is 0. The van der Waals surface area contributed by atoms with Gasteiger partial charge in [0, 0.05) is 39.8 Å². The molecule has 0 spiro atoms. The van der Waals surface area contributed by atoms with Crippen molar-refractivity contribution in [2.75, 3.05) is 38.1 Å². The Kier molecular flexibility index (Phi) is 6.20. The van der Waals surface area contributed by atoms with Crippen molar-refractivity contribution in [1.82, 2.24) is 9.80 Å². The number of para-hydroxylation sites is 1. The number of carbonyl (C=O) groups excluding carboxylic acids is 2. The zero-order chi connectivity index (χ0) is 21.0. The summed E-state index contributed by atoms with van der Waals surface area (Å²) in [6, 6.07) is 16.4. The van der Waals surface area contributed by atoms with Gasteiger partial charge in [0.2, 0.25) is 11.8 Å². The molecule has 1 aliphatic rings. The van der Waals surface area contributed by atoms with Crippen LogP contribution >= 0.6 is 0 Å². The second-order valence-electron chi connectivity index (χ2n) is 8.00. The Hall–Kier alpha value is -2.89. The highest BCUT2D eigenvalue weighted by molar-refractivity contribution is 6.04. The fourth-order valence-corrected chi connectivity index (χ4v) is 3.75. The van der Waals surface area contributed by atoms with E-state index in [0.717, 1.165) is 5.56 Å². The average Bonchev–Trinajstić information content (AvgIpc) is 2.74. The molecule has 0 unspecified atom stereocenters. The van der Waals surface area contributed by atoms with Crippen LogP contribution in [0.15, 0.2) is 54.6 Å². The van der Waals surface area contributed by atoms with Crippen molar-refractivity contribution in [3.8, 4) is 0 Å². The molecule has 29 heavy (non-hydrogen) atoms. The summed E-state index contributed by atoms with van der Waals surface area (Å²) in [5.41, 5.74) is 0.423. The van der Waals surface area contributed by atoms with Gasteiger partial charge in [-0.2, -0.15) is 0 Å². The first-order valence-corrected chi connectivity index (χ1v) is 9.89. The molecule has 2 aromatic rings. The van der Waals surface area contributed by atoms with Gasteiger partial charge in [0.1, 0.15) is 11.2 Å². The topological polar surface area (TPSA) is 43.9 Å². The van der Waals surface area contributed by atoms with Crippen LogP contribution < -0.4 is 4.90 Å². The lowest BCUT2D eigenvalue weighted by Crippen LogP contribution is -2.55. The molecular formula is C23H28FN3O2.